The Labute approximate surface area is 81.1 Å². The molecule has 0 aliphatic carbocycles. The van der Waals surface area contributed by atoms with Gasteiger partial charge in [-0.3, -0.25) is 0 Å². The zero-order valence-corrected chi connectivity index (χ0v) is 8.86. The van der Waals surface area contributed by atoms with Crippen LogP contribution in [0, 0.1) is 12.3 Å². The van der Waals surface area contributed by atoms with E-state index in [-0.39, 0.29) is 5.54 Å². The molecule has 1 N–H and O–H groups in total. The summed E-state index contributed by atoms with van der Waals surface area (Å²) in [5.74, 6) is 2.51. The Balaban J connectivity index is 3.42. The molecule has 2 heteroatoms. The van der Waals surface area contributed by atoms with Gasteiger partial charge in [-0.25, -0.2) is 4.39 Å². The summed E-state index contributed by atoms with van der Waals surface area (Å²) >= 11 is 0. The Morgan fingerprint density at radius 1 is 1.46 bits per heavy atom. The van der Waals surface area contributed by atoms with E-state index in [0.29, 0.717) is 19.4 Å². The van der Waals surface area contributed by atoms with Crippen LogP contribution in [0.5, 0.6) is 0 Å². The Kier molecular flexibility index (Phi) is 5.73. The zero-order valence-electron chi connectivity index (χ0n) is 8.86. The molecule has 1 nitrogen and oxygen atoms in total. The van der Waals surface area contributed by atoms with Crippen LogP contribution in [0.4, 0.5) is 4.39 Å². The second-order valence-electron chi connectivity index (χ2n) is 4.32. The first kappa shape index (κ1) is 12.4. The summed E-state index contributed by atoms with van der Waals surface area (Å²) in [5.41, 5.74) is -0.00351. The van der Waals surface area contributed by atoms with Crippen LogP contribution in [0.3, 0.4) is 0 Å². The van der Waals surface area contributed by atoms with Gasteiger partial charge in [-0.15, -0.1) is 12.3 Å². The largest absolute Gasteiger partial charge is 0.309 e. The van der Waals surface area contributed by atoms with E-state index in [2.05, 4.69) is 11.2 Å². The van der Waals surface area contributed by atoms with Crippen molar-refractivity contribution >= 4 is 0 Å². The highest BCUT2D eigenvalue weighted by Gasteiger charge is 2.12. The second kappa shape index (κ2) is 5.99. The van der Waals surface area contributed by atoms with Gasteiger partial charge in [-0.1, -0.05) is 0 Å². The molecule has 0 rings (SSSR count). The molecule has 1 unspecified atom stereocenters. The number of unbranched alkanes of at least 4 members (excludes halogenated alkanes) is 1. The van der Waals surface area contributed by atoms with Gasteiger partial charge in [-0.05, 0) is 33.6 Å². The minimum atomic E-state index is -0.771. The summed E-state index contributed by atoms with van der Waals surface area (Å²) in [6.07, 6.45) is 6.32. The van der Waals surface area contributed by atoms with Crippen molar-refractivity contribution in [2.45, 2.75) is 51.7 Å². The van der Waals surface area contributed by atoms with Gasteiger partial charge < -0.3 is 5.32 Å². The van der Waals surface area contributed by atoms with E-state index in [1.54, 1.807) is 0 Å². The summed E-state index contributed by atoms with van der Waals surface area (Å²) in [4.78, 5) is 0. The van der Waals surface area contributed by atoms with Crippen molar-refractivity contribution in [2.75, 3.05) is 6.54 Å². The fourth-order valence-electron chi connectivity index (χ4n) is 0.945. The molecule has 0 saturated carbocycles. The average molecular weight is 185 g/mol. The van der Waals surface area contributed by atoms with Gasteiger partial charge in [0.2, 0.25) is 0 Å². The number of alkyl halides is 1. The molecule has 1 atom stereocenters. The molecule has 0 saturated heterocycles. The summed E-state index contributed by atoms with van der Waals surface area (Å²) in [6, 6.07) is 0. The summed E-state index contributed by atoms with van der Waals surface area (Å²) in [7, 11) is 0. The van der Waals surface area contributed by atoms with E-state index in [4.69, 9.17) is 6.42 Å². The van der Waals surface area contributed by atoms with Crippen molar-refractivity contribution in [3.05, 3.63) is 0 Å². The van der Waals surface area contributed by atoms with Crippen LogP contribution in [0.1, 0.15) is 40.0 Å². The van der Waals surface area contributed by atoms with Gasteiger partial charge in [-0.2, -0.15) is 0 Å². The van der Waals surface area contributed by atoms with Crippen LogP contribution in [-0.4, -0.2) is 18.3 Å². The monoisotopic (exact) mass is 185 g/mol. The quantitative estimate of drug-likeness (QED) is 0.512. The molecular weight excluding hydrogens is 165 g/mol. The standard InChI is InChI=1S/C11H20FN/c1-5-6-7-8-10(12)9-13-11(2,3)4/h1,10,13H,6-9H2,2-4H3. The summed E-state index contributed by atoms with van der Waals surface area (Å²) in [6.45, 7) is 6.51. The number of hydrogen-bond acceptors (Lipinski definition) is 1. The lowest BCUT2D eigenvalue weighted by Crippen LogP contribution is -2.39. The van der Waals surface area contributed by atoms with Gasteiger partial charge in [0.25, 0.3) is 0 Å². The van der Waals surface area contributed by atoms with Crippen LogP contribution < -0.4 is 5.32 Å². The van der Waals surface area contributed by atoms with Crippen molar-refractivity contribution in [1.29, 1.82) is 0 Å². The van der Waals surface area contributed by atoms with Gasteiger partial charge in [0, 0.05) is 18.5 Å². The Hall–Kier alpha value is -0.550. The normalized spacial score (nSPS) is 13.8. The van der Waals surface area contributed by atoms with E-state index in [0.717, 1.165) is 6.42 Å². The Morgan fingerprint density at radius 3 is 2.54 bits per heavy atom. The number of terminal acetylenes is 1. The van der Waals surface area contributed by atoms with Crippen molar-refractivity contribution in [3.8, 4) is 12.3 Å². The first-order valence-electron chi connectivity index (χ1n) is 4.78. The SMILES string of the molecule is C#CCCCC(F)CNC(C)(C)C. The predicted molar refractivity (Wildman–Crippen MR) is 55.3 cm³/mol. The Bertz CT molecular complexity index is 164. The molecule has 0 aliphatic heterocycles. The highest BCUT2D eigenvalue weighted by molar-refractivity contribution is 4.83. The number of halogens is 1. The maximum Gasteiger partial charge on any atom is 0.113 e. The van der Waals surface area contributed by atoms with E-state index in [1.165, 1.54) is 0 Å². The molecule has 13 heavy (non-hydrogen) atoms. The minimum Gasteiger partial charge on any atom is -0.309 e. The molecule has 0 radical (unpaired) electrons. The predicted octanol–water partition coefficient (Wildman–Crippen LogP) is 2.52. The maximum absolute atomic E-state index is 13.1. The third-order valence-corrected chi connectivity index (χ3v) is 1.69. The molecule has 76 valence electrons. The minimum absolute atomic E-state index is 0.00351. The third-order valence-electron chi connectivity index (χ3n) is 1.69. The lowest BCUT2D eigenvalue weighted by Gasteiger charge is -2.21. The number of rotatable bonds is 5. The van der Waals surface area contributed by atoms with E-state index < -0.39 is 6.17 Å². The van der Waals surface area contributed by atoms with Crippen LogP contribution in [0.2, 0.25) is 0 Å². The summed E-state index contributed by atoms with van der Waals surface area (Å²) in [5, 5.41) is 3.12. The highest BCUT2D eigenvalue weighted by Crippen LogP contribution is 2.05. The lowest BCUT2D eigenvalue weighted by atomic mass is 10.1. The molecule has 0 bridgehead atoms. The molecule has 0 aromatic rings. The molecule has 0 fully saturated rings. The van der Waals surface area contributed by atoms with Gasteiger partial charge in [0.05, 0.1) is 0 Å². The van der Waals surface area contributed by atoms with Crippen molar-refractivity contribution in [2.24, 2.45) is 0 Å². The van der Waals surface area contributed by atoms with E-state index >= 15 is 0 Å². The van der Waals surface area contributed by atoms with Crippen molar-refractivity contribution in [1.82, 2.24) is 5.32 Å². The lowest BCUT2D eigenvalue weighted by molar-refractivity contribution is 0.269. The van der Waals surface area contributed by atoms with Crippen molar-refractivity contribution < 1.29 is 4.39 Å². The molecular formula is C11H20FN. The van der Waals surface area contributed by atoms with Crippen LogP contribution in [0.25, 0.3) is 0 Å². The van der Waals surface area contributed by atoms with Crippen LogP contribution in [-0.2, 0) is 0 Å². The molecule has 0 aromatic carbocycles. The first-order valence-corrected chi connectivity index (χ1v) is 4.78. The molecule has 0 amide bonds. The van der Waals surface area contributed by atoms with Gasteiger partial charge >= 0.3 is 0 Å². The number of nitrogens with one attached hydrogen (secondary N) is 1. The molecule has 0 aliphatic rings. The molecule has 0 heterocycles. The molecule has 0 spiro atoms. The average Bonchev–Trinajstić information content (AvgIpc) is 2.00. The zero-order chi connectivity index (χ0) is 10.3. The Morgan fingerprint density at radius 2 is 2.08 bits per heavy atom. The van der Waals surface area contributed by atoms with E-state index in [9.17, 15) is 4.39 Å². The molecule has 0 aromatic heterocycles. The highest BCUT2D eigenvalue weighted by atomic mass is 19.1. The first-order chi connectivity index (χ1) is 5.95. The summed E-state index contributed by atoms with van der Waals surface area (Å²) < 4.78 is 13.1. The van der Waals surface area contributed by atoms with E-state index in [1.807, 2.05) is 20.8 Å². The van der Waals surface area contributed by atoms with Crippen LogP contribution >= 0.6 is 0 Å². The number of hydrogen-bond donors (Lipinski definition) is 1. The third kappa shape index (κ3) is 9.36. The van der Waals surface area contributed by atoms with Crippen molar-refractivity contribution in [3.63, 3.8) is 0 Å². The van der Waals surface area contributed by atoms with Gasteiger partial charge in [0.15, 0.2) is 0 Å². The van der Waals surface area contributed by atoms with Gasteiger partial charge in [0.1, 0.15) is 6.17 Å². The fourth-order valence-corrected chi connectivity index (χ4v) is 0.945. The topological polar surface area (TPSA) is 12.0 Å². The maximum atomic E-state index is 13.1. The fraction of sp³-hybridized carbons (Fsp3) is 0.818. The second-order valence-corrected chi connectivity index (χ2v) is 4.32. The van der Waals surface area contributed by atoms with Crippen LogP contribution in [0.15, 0.2) is 0 Å². The smallest absolute Gasteiger partial charge is 0.113 e.